The molecule has 2 atom stereocenters. The highest BCUT2D eigenvalue weighted by Gasteiger charge is 2.06. The van der Waals surface area contributed by atoms with E-state index < -0.39 is 0 Å². The minimum atomic E-state index is -0.248. The van der Waals surface area contributed by atoms with Crippen molar-refractivity contribution in [3.63, 3.8) is 0 Å². The fourth-order valence-electron chi connectivity index (χ4n) is 1.12. The fraction of sp³-hybridized carbons (Fsp3) is 0.500. The molecule has 1 heteroatoms. The van der Waals surface area contributed by atoms with Crippen LogP contribution in [0.15, 0.2) is 36.5 Å². The largest absolute Gasteiger partial charge is 0.393 e. The molecule has 74 valence electrons. The van der Waals surface area contributed by atoms with E-state index in [2.05, 4.69) is 13.5 Å². The van der Waals surface area contributed by atoms with Gasteiger partial charge < -0.3 is 5.11 Å². The Morgan fingerprint density at radius 3 is 2.46 bits per heavy atom. The van der Waals surface area contributed by atoms with Gasteiger partial charge in [-0.3, -0.25) is 0 Å². The predicted molar refractivity (Wildman–Crippen MR) is 58.6 cm³/mol. The molecule has 0 bridgehead atoms. The summed E-state index contributed by atoms with van der Waals surface area (Å²) >= 11 is 0. The lowest BCUT2D eigenvalue weighted by Crippen LogP contribution is -2.07. The molecule has 0 heterocycles. The van der Waals surface area contributed by atoms with Gasteiger partial charge in [0.05, 0.1) is 6.10 Å². The monoisotopic (exact) mass is 180 g/mol. The van der Waals surface area contributed by atoms with Crippen molar-refractivity contribution in [2.75, 3.05) is 0 Å². The Kier molecular flexibility index (Phi) is 6.25. The van der Waals surface area contributed by atoms with Crippen LogP contribution in [0.5, 0.6) is 0 Å². The van der Waals surface area contributed by atoms with Crippen LogP contribution in [-0.4, -0.2) is 11.2 Å². The van der Waals surface area contributed by atoms with E-state index in [-0.39, 0.29) is 6.10 Å². The molecule has 0 saturated carbocycles. The lowest BCUT2D eigenvalue weighted by atomic mass is 9.96. The number of rotatable bonds is 5. The first-order valence-electron chi connectivity index (χ1n) is 4.74. The second-order valence-electron chi connectivity index (χ2n) is 3.45. The normalized spacial score (nSPS) is 16.6. The van der Waals surface area contributed by atoms with Gasteiger partial charge in [0.25, 0.3) is 0 Å². The number of allylic oxidation sites excluding steroid dienone is 5. The summed E-state index contributed by atoms with van der Waals surface area (Å²) in [6.45, 7) is 9.81. The molecule has 0 amide bonds. The standard InChI is InChI=1S/C12H20O/c1-5-6-7-8-10(2)11(3)9-12(4)13/h5-8,11-13H,2,9H2,1,3-4H3/b6-5-,8-7-. The van der Waals surface area contributed by atoms with Crippen LogP contribution in [0.2, 0.25) is 0 Å². The molecule has 0 radical (unpaired) electrons. The zero-order valence-corrected chi connectivity index (χ0v) is 8.83. The summed E-state index contributed by atoms with van der Waals surface area (Å²) in [5.74, 6) is 0.349. The third-order valence-electron chi connectivity index (χ3n) is 1.94. The van der Waals surface area contributed by atoms with Crippen molar-refractivity contribution >= 4 is 0 Å². The first kappa shape index (κ1) is 12.2. The van der Waals surface area contributed by atoms with Gasteiger partial charge in [0.1, 0.15) is 0 Å². The second kappa shape index (κ2) is 6.67. The average Bonchev–Trinajstić information content (AvgIpc) is 2.03. The maximum Gasteiger partial charge on any atom is 0.0517 e. The van der Waals surface area contributed by atoms with Gasteiger partial charge >= 0.3 is 0 Å². The SMILES string of the molecule is C=C(/C=C\C=C/C)C(C)CC(C)O. The quantitative estimate of drug-likeness (QED) is 0.645. The maximum absolute atomic E-state index is 9.16. The van der Waals surface area contributed by atoms with Gasteiger partial charge in [-0.05, 0) is 26.2 Å². The molecule has 0 aliphatic rings. The van der Waals surface area contributed by atoms with Crippen LogP contribution < -0.4 is 0 Å². The maximum atomic E-state index is 9.16. The van der Waals surface area contributed by atoms with Gasteiger partial charge in [0.2, 0.25) is 0 Å². The van der Waals surface area contributed by atoms with E-state index >= 15 is 0 Å². The molecule has 1 N–H and O–H groups in total. The van der Waals surface area contributed by atoms with Crippen molar-refractivity contribution in [1.29, 1.82) is 0 Å². The van der Waals surface area contributed by atoms with Crippen molar-refractivity contribution in [2.24, 2.45) is 5.92 Å². The van der Waals surface area contributed by atoms with E-state index in [1.807, 2.05) is 31.2 Å². The Hall–Kier alpha value is -0.820. The highest BCUT2D eigenvalue weighted by Crippen LogP contribution is 2.15. The van der Waals surface area contributed by atoms with Crippen LogP contribution in [-0.2, 0) is 0 Å². The molecule has 0 aliphatic carbocycles. The Morgan fingerprint density at radius 1 is 1.38 bits per heavy atom. The lowest BCUT2D eigenvalue weighted by molar-refractivity contribution is 0.171. The van der Waals surface area contributed by atoms with Gasteiger partial charge in [-0.25, -0.2) is 0 Å². The minimum Gasteiger partial charge on any atom is -0.393 e. The Bertz CT molecular complexity index is 199. The predicted octanol–water partition coefficient (Wildman–Crippen LogP) is 3.08. The van der Waals surface area contributed by atoms with Crippen LogP contribution in [0.25, 0.3) is 0 Å². The van der Waals surface area contributed by atoms with Crippen LogP contribution in [0, 0.1) is 5.92 Å². The number of aliphatic hydroxyl groups is 1. The van der Waals surface area contributed by atoms with Gasteiger partial charge in [-0.1, -0.05) is 43.4 Å². The van der Waals surface area contributed by atoms with E-state index in [9.17, 15) is 0 Å². The molecule has 0 spiro atoms. The third-order valence-corrected chi connectivity index (χ3v) is 1.94. The number of hydrogen-bond donors (Lipinski definition) is 1. The molecule has 0 aromatic heterocycles. The van der Waals surface area contributed by atoms with Crippen LogP contribution in [0.1, 0.15) is 27.2 Å². The molecule has 0 aliphatic heterocycles. The first-order valence-corrected chi connectivity index (χ1v) is 4.74. The lowest BCUT2D eigenvalue weighted by Gasteiger charge is -2.12. The van der Waals surface area contributed by atoms with Gasteiger partial charge in [0.15, 0.2) is 0 Å². The molecule has 2 unspecified atom stereocenters. The second-order valence-corrected chi connectivity index (χ2v) is 3.45. The molecule has 0 aromatic rings. The van der Waals surface area contributed by atoms with Gasteiger partial charge in [-0.2, -0.15) is 0 Å². The Balaban J connectivity index is 3.96. The molecular weight excluding hydrogens is 160 g/mol. The first-order chi connectivity index (χ1) is 6.07. The van der Waals surface area contributed by atoms with Crippen molar-refractivity contribution in [3.05, 3.63) is 36.5 Å². The number of hydrogen-bond acceptors (Lipinski definition) is 1. The number of aliphatic hydroxyl groups excluding tert-OH is 1. The zero-order valence-electron chi connectivity index (χ0n) is 8.83. The van der Waals surface area contributed by atoms with Crippen LogP contribution in [0.3, 0.4) is 0 Å². The topological polar surface area (TPSA) is 20.2 Å². The van der Waals surface area contributed by atoms with Crippen LogP contribution >= 0.6 is 0 Å². The molecule has 0 aromatic carbocycles. The third kappa shape index (κ3) is 6.35. The summed E-state index contributed by atoms with van der Waals surface area (Å²) in [6.07, 6.45) is 8.44. The van der Waals surface area contributed by atoms with Crippen molar-refractivity contribution in [2.45, 2.75) is 33.3 Å². The zero-order chi connectivity index (χ0) is 10.3. The molecular formula is C12H20O. The summed E-state index contributed by atoms with van der Waals surface area (Å²) < 4.78 is 0. The van der Waals surface area contributed by atoms with E-state index in [4.69, 9.17) is 5.11 Å². The smallest absolute Gasteiger partial charge is 0.0517 e. The van der Waals surface area contributed by atoms with Crippen LogP contribution in [0.4, 0.5) is 0 Å². The summed E-state index contributed by atoms with van der Waals surface area (Å²) in [5.41, 5.74) is 1.07. The van der Waals surface area contributed by atoms with Crippen molar-refractivity contribution in [3.8, 4) is 0 Å². The summed E-state index contributed by atoms with van der Waals surface area (Å²) in [4.78, 5) is 0. The Morgan fingerprint density at radius 2 is 2.00 bits per heavy atom. The van der Waals surface area contributed by atoms with Gasteiger partial charge in [0, 0.05) is 0 Å². The van der Waals surface area contributed by atoms with E-state index in [0.717, 1.165) is 12.0 Å². The fourth-order valence-corrected chi connectivity index (χ4v) is 1.12. The molecule has 0 saturated heterocycles. The highest BCUT2D eigenvalue weighted by molar-refractivity contribution is 5.21. The van der Waals surface area contributed by atoms with Crippen molar-refractivity contribution in [1.82, 2.24) is 0 Å². The summed E-state index contributed by atoms with van der Waals surface area (Å²) in [7, 11) is 0. The molecule has 13 heavy (non-hydrogen) atoms. The Labute approximate surface area is 81.5 Å². The summed E-state index contributed by atoms with van der Waals surface area (Å²) in [6, 6.07) is 0. The van der Waals surface area contributed by atoms with E-state index in [1.165, 1.54) is 0 Å². The molecule has 1 nitrogen and oxygen atoms in total. The summed E-state index contributed by atoms with van der Waals surface area (Å²) in [5, 5.41) is 9.16. The van der Waals surface area contributed by atoms with E-state index in [0.29, 0.717) is 5.92 Å². The molecule has 0 rings (SSSR count). The average molecular weight is 180 g/mol. The van der Waals surface area contributed by atoms with Crippen molar-refractivity contribution < 1.29 is 5.11 Å². The van der Waals surface area contributed by atoms with Gasteiger partial charge in [-0.15, -0.1) is 0 Å². The highest BCUT2D eigenvalue weighted by atomic mass is 16.3. The minimum absolute atomic E-state index is 0.248. The molecule has 0 fully saturated rings. The van der Waals surface area contributed by atoms with E-state index in [1.54, 1.807) is 6.92 Å².